The number of halogens is 1. The molecule has 0 fully saturated rings. The molecule has 0 bridgehead atoms. The van der Waals surface area contributed by atoms with E-state index in [1.165, 1.54) is 109 Å². The first-order valence-corrected chi connectivity index (χ1v) is 27.9. The molecule has 0 atom stereocenters. The maximum atomic E-state index is 12.7. The zero-order valence-corrected chi connectivity index (χ0v) is 49.0. The molecule has 2 aliphatic rings. The van der Waals surface area contributed by atoms with Crippen LogP contribution in [-0.4, -0.2) is 40.6 Å². The van der Waals surface area contributed by atoms with E-state index < -0.39 is 0 Å². The second-order valence-corrected chi connectivity index (χ2v) is 26.2. The summed E-state index contributed by atoms with van der Waals surface area (Å²) in [6.45, 7) is 25.4. The van der Waals surface area contributed by atoms with Gasteiger partial charge in [0, 0.05) is 32.1 Å². The van der Waals surface area contributed by atoms with E-state index in [0.29, 0.717) is 0 Å². The molecule has 8 aromatic carbocycles. The second kappa shape index (κ2) is 18.0. The Hall–Kier alpha value is -6.66. The Balaban J connectivity index is 0.000000315. The fourth-order valence-electron chi connectivity index (χ4n) is 11.7. The van der Waals surface area contributed by atoms with Crippen LogP contribution in [0.2, 0.25) is 0 Å². The van der Waals surface area contributed by atoms with Gasteiger partial charge in [0.25, 0.3) is 0 Å². The summed E-state index contributed by atoms with van der Waals surface area (Å²) in [4.78, 5) is 9.54. The molecule has 0 N–H and O–H groups in total. The average molecular weight is 1230 g/mol. The van der Waals surface area contributed by atoms with Crippen LogP contribution in [0.25, 0.3) is 88.2 Å². The van der Waals surface area contributed by atoms with Gasteiger partial charge in [0.15, 0.2) is 0 Å². The summed E-state index contributed by atoms with van der Waals surface area (Å²) in [5.74, 6) is -0.275. The van der Waals surface area contributed by atoms with Crippen LogP contribution in [0.3, 0.4) is 0 Å². The quantitative estimate of drug-likeness (QED) is 0.0982. The van der Waals surface area contributed by atoms with Crippen LogP contribution in [0.1, 0.15) is 90.1 Å². The molecule has 0 aliphatic carbocycles. The standard InChI is InChI=1S/C55H47BN3Se.C13H11FN.Ir/c1-53(2,3)32-21-23-44-38(27-32)39-28-34(55(7,8)9)30-41-51(39)58(44)46-25-31(26-48-50(46)56(41)40-29-33(54(4,5)6)22-24-47(40)60-48)35-16-14-17-37-49(35)36-15-10-12-19-43(36)59-45-20-13-11-18-42(45)57-52(37)59;1-9-7-13(15-8-10(9)2)11-3-5-12(14)6-4-11;/h10-16,18-30H,1-9H3;3,5-8H,1-2H3;/q2*-1;. The molecule has 0 spiro atoms. The second-order valence-electron chi connectivity index (χ2n) is 24.0. The number of benzene rings is 8. The summed E-state index contributed by atoms with van der Waals surface area (Å²) >= 11 is 0.107. The molecule has 12 aromatic rings. The Morgan fingerprint density at radius 2 is 1.30 bits per heavy atom. The van der Waals surface area contributed by atoms with Gasteiger partial charge in [0.05, 0.1) is 0 Å². The number of hydrogen-bond donors (Lipinski definition) is 0. The van der Waals surface area contributed by atoms with Crippen LogP contribution in [0.15, 0.2) is 152 Å². The molecule has 4 aromatic heterocycles. The zero-order valence-electron chi connectivity index (χ0n) is 44.9. The predicted molar refractivity (Wildman–Crippen MR) is 316 cm³/mol. The molecule has 2 aliphatic heterocycles. The zero-order chi connectivity index (χ0) is 52.0. The number of aromatic nitrogens is 4. The summed E-state index contributed by atoms with van der Waals surface area (Å²) in [5, 5.41) is 6.19. The third-order valence-corrected chi connectivity index (χ3v) is 18.3. The van der Waals surface area contributed by atoms with E-state index in [-0.39, 0.29) is 63.8 Å². The minimum atomic E-state index is -0.275. The normalized spacial score (nSPS) is 13.1. The van der Waals surface area contributed by atoms with Gasteiger partial charge in [-0.2, -0.15) is 0 Å². The van der Waals surface area contributed by atoms with Gasteiger partial charge < -0.3 is 4.98 Å². The van der Waals surface area contributed by atoms with Crippen molar-refractivity contribution in [1.82, 2.24) is 18.9 Å². The summed E-state index contributed by atoms with van der Waals surface area (Å²) in [7, 11) is 0. The van der Waals surface area contributed by atoms with E-state index in [2.05, 4.69) is 210 Å². The molecule has 0 saturated heterocycles. The Morgan fingerprint density at radius 3 is 2.04 bits per heavy atom. The fraction of sp³-hybridized carbons (Fsp3) is 0.206. The number of imidazole rings is 1. The smallest absolute Gasteiger partial charge is 0.0379 e. The van der Waals surface area contributed by atoms with Crippen molar-refractivity contribution < 1.29 is 24.5 Å². The fourth-order valence-corrected chi connectivity index (χ4v) is 14.1. The van der Waals surface area contributed by atoms with E-state index in [0.717, 1.165) is 44.4 Å². The molecule has 0 amide bonds. The van der Waals surface area contributed by atoms with Gasteiger partial charge in [0.2, 0.25) is 0 Å². The van der Waals surface area contributed by atoms with Crippen molar-refractivity contribution in [2.75, 3.05) is 0 Å². The van der Waals surface area contributed by atoms with Gasteiger partial charge in [-0.1, -0.05) is 11.6 Å². The average Bonchev–Trinajstić information content (AvgIpc) is 4.05. The first kappa shape index (κ1) is 50.2. The number of aryl methyl sites for hydroxylation is 2. The van der Waals surface area contributed by atoms with E-state index in [1.807, 2.05) is 26.1 Å². The first-order chi connectivity index (χ1) is 35.8. The number of para-hydroxylation sites is 3. The van der Waals surface area contributed by atoms with Crippen LogP contribution in [0.4, 0.5) is 4.39 Å². The van der Waals surface area contributed by atoms with Crippen molar-refractivity contribution >= 4 is 107 Å². The number of pyridine rings is 2. The van der Waals surface area contributed by atoms with Crippen LogP contribution >= 0.6 is 0 Å². The minimum absolute atomic E-state index is 0. The summed E-state index contributed by atoms with van der Waals surface area (Å²) in [6, 6.07) is 59.7. The van der Waals surface area contributed by atoms with Gasteiger partial charge in [0.1, 0.15) is 0 Å². The molecule has 0 saturated carbocycles. The molecule has 4 nitrogen and oxygen atoms in total. The van der Waals surface area contributed by atoms with E-state index in [9.17, 15) is 4.39 Å². The van der Waals surface area contributed by atoms with Gasteiger partial charge in [-0.05, 0) is 25.1 Å². The van der Waals surface area contributed by atoms with Crippen molar-refractivity contribution in [2.24, 2.45) is 0 Å². The largest absolute Gasteiger partial charge is 0.304 e. The van der Waals surface area contributed by atoms with Crippen LogP contribution in [0.5, 0.6) is 0 Å². The maximum absolute atomic E-state index is 12.7. The number of nitrogens with zero attached hydrogens (tertiary/aromatic N) is 4. The van der Waals surface area contributed by atoms with Crippen LogP contribution in [-0.2, 0) is 36.4 Å². The van der Waals surface area contributed by atoms with Crippen molar-refractivity contribution in [3.63, 3.8) is 0 Å². The molecule has 1 radical (unpaired) electrons. The summed E-state index contributed by atoms with van der Waals surface area (Å²) < 4.78 is 20.6. The topological polar surface area (TPSA) is 35.1 Å². The Labute approximate surface area is 465 Å². The van der Waals surface area contributed by atoms with Crippen LogP contribution in [0, 0.1) is 31.8 Å². The molecule has 14 rings (SSSR count). The Bertz CT molecular complexity index is 4380. The van der Waals surface area contributed by atoms with Gasteiger partial charge in [-0.15, -0.1) is 29.8 Å². The van der Waals surface area contributed by atoms with Crippen molar-refractivity contribution in [3.05, 3.63) is 198 Å². The van der Waals surface area contributed by atoms with E-state index >= 15 is 0 Å². The minimum Gasteiger partial charge on any atom is -0.304 e. The Morgan fingerprint density at radius 1 is 0.605 bits per heavy atom. The third kappa shape index (κ3) is 8.01. The first-order valence-electron chi connectivity index (χ1n) is 26.2. The molecule has 76 heavy (non-hydrogen) atoms. The molecule has 0 unspecified atom stereocenters. The third-order valence-electron chi connectivity index (χ3n) is 15.9. The van der Waals surface area contributed by atoms with Crippen molar-refractivity contribution in [1.29, 1.82) is 0 Å². The Kier molecular flexibility index (Phi) is 11.9. The van der Waals surface area contributed by atoms with E-state index in [1.54, 1.807) is 6.07 Å². The van der Waals surface area contributed by atoms with E-state index in [4.69, 9.17) is 4.98 Å². The number of hydrogen-bond acceptors (Lipinski definition) is 2. The monoisotopic (exact) mass is 1230 g/mol. The van der Waals surface area contributed by atoms with Gasteiger partial charge in [-0.3, -0.25) is 4.39 Å². The van der Waals surface area contributed by atoms with Crippen molar-refractivity contribution in [2.45, 2.75) is 92.4 Å². The molecule has 8 heteroatoms. The molecule has 6 heterocycles. The number of fused-ring (bicyclic) bond motifs is 15. The molecular weight excluding hydrogens is 1170 g/mol. The molecular formula is C68H58BFIrN4Se-2. The van der Waals surface area contributed by atoms with Crippen molar-refractivity contribution in [3.8, 4) is 28.1 Å². The molecule has 377 valence electrons. The SMILES string of the molecule is CC(C)(C)c1ccc2c(c1)B1c3c(cc(-c4cc[c-]c5c4c4ccccc4n4c6ccccc6nc54)cc3-n3c4ccc(C(C)(C)C)cc4c4cc(C(C)(C)C)cc1c43)[Se]2.Cc1cnc(-c2[c-]cc(F)cc2)cc1C.[Ir]. The summed E-state index contributed by atoms with van der Waals surface area (Å²) in [6.07, 6.45) is 1.82. The van der Waals surface area contributed by atoms with Gasteiger partial charge in [-0.25, -0.2) is 0 Å². The predicted octanol–water partition coefficient (Wildman–Crippen LogP) is 13.4. The van der Waals surface area contributed by atoms with Crippen LogP contribution < -0.4 is 25.3 Å². The summed E-state index contributed by atoms with van der Waals surface area (Å²) in [5.41, 5.74) is 23.3. The van der Waals surface area contributed by atoms with Gasteiger partial charge >= 0.3 is 361 Å². The maximum Gasteiger partial charge on any atom is 0.0379 e. The number of rotatable bonds is 2.